The Morgan fingerprint density at radius 1 is 1.31 bits per heavy atom. The quantitative estimate of drug-likeness (QED) is 0.848. The predicted molar refractivity (Wildman–Crippen MR) is 99.8 cm³/mol. The van der Waals surface area contributed by atoms with Crippen molar-refractivity contribution >= 4 is 5.69 Å². The summed E-state index contributed by atoms with van der Waals surface area (Å²) in [4.78, 5) is 9.08. The van der Waals surface area contributed by atoms with Crippen molar-refractivity contribution in [3.63, 3.8) is 0 Å². The summed E-state index contributed by atoms with van der Waals surface area (Å²) in [6, 6.07) is 10.1. The van der Waals surface area contributed by atoms with Gasteiger partial charge >= 0.3 is 0 Å². The molecule has 3 heterocycles. The number of benzene rings is 1. The van der Waals surface area contributed by atoms with E-state index >= 15 is 0 Å². The highest BCUT2D eigenvalue weighted by atomic mass is 16.5. The summed E-state index contributed by atoms with van der Waals surface area (Å²) in [5, 5.41) is 9.18. The number of anilines is 1. The Bertz CT molecular complexity index is 807. The van der Waals surface area contributed by atoms with E-state index in [2.05, 4.69) is 31.5 Å². The molecule has 6 heteroatoms. The third kappa shape index (κ3) is 3.46. The zero-order chi connectivity index (χ0) is 18.0. The molecule has 0 bridgehead atoms. The Hall–Kier alpha value is -2.36. The van der Waals surface area contributed by atoms with Gasteiger partial charge in [0.2, 0.25) is 0 Å². The van der Waals surface area contributed by atoms with E-state index in [1.54, 1.807) is 0 Å². The number of imidazole rings is 1. The monoisotopic (exact) mass is 351 g/mol. The Labute approximate surface area is 154 Å². The molecule has 2 fully saturated rings. The molecule has 26 heavy (non-hydrogen) atoms. The molecular formula is C20H25N5O. The van der Waals surface area contributed by atoms with Gasteiger partial charge in [-0.25, -0.2) is 4.98 Å². The van der Waals surface area contributed by atoms with Crippen molar-refractivity contribution in [2.24, 2.45) is 7.05 Å². The van der Waals surface area contributed by atoms with Crippen LogP contribution in [0, 0.1) is 11.3 Å². The van der Waals surface area contributed by atoms with Crippen LogP contribution in [0.1, 0.15) is 24.1 Å². The Kier molecular flexibility index (Phi) is 4.66. The van der Waals surface area contributed by atoms with Crippen LogP contribution >= 0.6 is 0 Å². The number of aryl methyl sites for hydroxylation is 1. The van der Waals surface area contributed by atoms with E-state index in [4.69, 9.17) is 4.74 Å². The highest BCUT2D eigenvalue weighted by Gasteiger charge is 2.40. The van der Waals surface area contributed by atoms with Crippen molar-refractivity contribution in [2.45, 2.75) is 25.0 Å². The third-order valence-electron chi connectivity index (χ3n) is 5.51. The highest BCUT2D eigenvalue weighted by molar-refractivity contribution is 5.52. The van der Waals surface area contributed by atoms with Gasteiger partial charge in [0.25, 0.3) is 0 Å². The lowest BCUT2D eigenvalue weighted by Gasteiger charge is -2.48. The summed E-state index contributed by atoms with van der Waals surface area (Å²) in [5.74, 6) is 0. The normalized spacial score (nSPS) is 23.9. The predicted octanol–water partition coefficient (Wildman–Crippen LogP) is 2.16. The summed E-state index contributed by atoms with van der Waals surface area (Å²) < 4.78 is 8.41. The van der Waals surface area contributed by atoms with Crippen molar-refractivity contribution in [2.75, 3.05) is 37.7 Å². The van der Waals surface area contributed by atoms with Crippen molar-refractivity contribution in [1.29, 1.82) is 5.26 Å². The second-order valence-electron chi connectivity index (χ2n) is 7.43. The van der Waals surface area contributed by atoms with Gasteiger partial charge < -0.3 is 14.2 Å². The Morgan fingerprint density at radius 2 is 2.23 bits per heavy atom. The summed E-state index contributed by atoms with van der Waals surface area (Å²) in [6.45, 7) is 5.46. The molecule has 0 aliphatic carbocycles. The molecule has 0 radical (unpaired) electrons. The molecule has 4 rings (SSSR count). The first-order valence-corrected chi connectivity index (χ1v) is 9.24. The molecule has 0 N–H and O–H groups in total. The molecule has 1 unspecified atom stereocenters. The maximum atomic E-state index is 9.18. The first-order chi connectivity index (χ1) is 12.7. The summed E-state index contributed by atoms with van der Waals surface area (Å²) in [6.07, 6.45) is 6.00. The van der Waals surface area contributed by atoms with Crippen molar-refractivity contribution < 1.29 is 4.74 Å². The molecule has 2 aromatic rings. The van der Waals surface area contributed by atoms with Gasteiger partial charge in [-0.3, -0.25) is 4.90 Å². The SMILES string of the molecule is Cn1cncc1CN1CCOC2(CCCN(c3cccc(C#N)c3)C2)C1. The van der Waals surface area contributed by atoms with E-state index in [0.717, 1.165) is 57.9 Å². The Morgan fingerprint density at radius 3 is 3.04 bits per heavy atom. The molecule has 2 saturated heterocycles. The van der Waals surface area contributed by atoms with E-state index < -0.39 is 0 Å². The van der Waals surface area contributed by atoms with Crippen LogP contribution in [0.2, 0.25) is 0 Å². The lowest BCUT2D eigenvalue weighted by molar-refractivity contribution is -0.116. The van der Waals surface area contributed by atoms with Crippen molar-refractivity contribution in [1.82, 2.24) is 14.5 Å². The van der Waals surface area contributed by atoms with Crippen molar-refractivity contribution in [3.8, 4) is 6.07 Å². The molecule has 136 valence electrons. The molecule has 1 atom stereocenters. The standard InChI is InChI=1S/C20H25N5O/c1-23-16-22-12-19(23)13-24-8-9-26-20(14-24)6-3-7-25(15-20)18-5-2-4-17(10-18)11-21/h2,4-5,10,12,16H,3,6-9,13-15H2,1H3. The molecule has 2 aliphatic heterocycles. The largest absolute Gasteiger partial charge is 0.370 e. The van der Waals surface area contributed by atoms with E-state index in [1.807, 2.05) is 37.8 Å². The van der Waals surface area contributed by atoms with Crippen LogP contribution in [-0.2, 0) is 18.3 Å². The number of nitriles is 1. The number of hydrogen-bond acceptors (Lipinski definition) is 5. The molecule has 1 aromatic heterocycles. The maximum absolute atomic E-state index is 9.18. The molecule has 2 aliphatic rings. The van der Waals surface area contributed by atoms with E-state index in [1.165, 1.54) is 5.69 Å². The lowest BCUT2D eigenvalue weighted by atomic mass is 9.90. The summed E-state index contributed by atoms with van der Waals surface area (Å²) in [7, 11) is 2.04. The maximum Gasteiger partial charge on any atom is 0.0992 e. The van der Waals surface area contributed by atoms with Crippen LogP contribution in [0.25, 0.3) is 0 Å². The van der Waals surface area contributed by atoms with E-state index in [9.17, 15) is 5.26 Å². The first kappa shape index (κ1) is 17.1. The molecule has 6 nitrogen and oxygen atoms in total. The third-order valence-corrected chi connectivity index (χ3v) is 5.51. The zero-order valence-corrected chi connectivity index (χ0v) is 15.3. The second kappa shape index (κ2) is 7.10. The first-order valence-electron chi connectivity index (χ1n) is 9.24. The number of morpholine rings is 1. The molecule has 0 saturated carbocycles. The smallest absolute Gasteiger partial charge is 0.0992 e. The number of hydrogen-bond donors (Lipinski definition) is 0. The fourth-order valence-electron chi connectivity index (χ4n) is 4.16. The Balaban J connectivity index is 1.48. The molecule has 1 spiro atoms. The van der Waals surface area contributed by atoms with Gasteiger partial charge in [0.15, 0.2) is 0 Å². The fraction of sp³-hybridized carbons (Fsp3) is 0.500. The van der Waals surface area contributed by atoms with Crippen molar-refractivity contribution in [3.05, 3.63) is 48.0 Å². The number of rotatable bonds is 3. The fourth-order valence-corrected chi connectivity index (χ4v) is 4.16. The van der Waals surface area contributed by atoms with Gasteiger partial charge in [0.1, 0.15) is 0 Å². The van der Waals surface area contributed by atoms with E-state index in [-0.39, 0.29) is 5.60 Å². The van der Waals surface area contributed by atoms with Gasteiger partial charge in [-0.05, 0) is 31.0 Å². The number of ether oxygens (including phenoxy) is 1. The second-order valence-corrected chi connectivity index (χ2v) is 7.43. The number of nitrogens with zero attached hydrogens (tertiary/aromatic N) is 5. The van der Waals surface area contributed by atoms with Crippen LogP contribution in [0.3, 0.4) is 0 Å². The zero-order valence-electron chi connectivity index (χ0n) is 15.3. The molecule has 0 amide bonds. The van der Waals surface area contributed by atoms with Crippen LogP contribution in [0.15, 0.2) is 36.8 Å². The number of aromatic nitrogens is 2. The molecule has 1 aromatic carbocycles. The van der Waals surface area contributed by atoms with Crippen LogP contribution in [0.5, 0.6) is 0 Å². The van der Waals surface area contributed by atoms with Gasteiger partial charge in [-0.15, -0.1) is 0 Å². The minimum absolute atomic E-state index is 0.127. The van der Waals surface area contributed by atoms with Crippen LogP contribution in [-0.4, -0.2) is 52.8 Å². The van der Waals surface area contributed by atoms with Gasteiger partial charge in [0, 0.05) is 51.7 Å². The van der Waals surface area contributed by atoms with Gasteiger partial charge in [-0.2, -0.15) is 5.26 Å². The van der Waals surface area contributed by atoms with Gasteiger partial charge in [0.05, 0.1) is 35.9 Å². The summed E-state index contributed by atoms with van der Waals surface area (Å²) >= 11 is 0. The minimum atomic E-state index is -0.127. The highest BCUT2D eigenvalue weighted by Crippen LogP contribution is 2.32. The lowest BCUT2D eigenvalue weighted by Crippen LogP contribution is -2.59. The van der Waals surface area contributed by atoms with Crippen LogP contribution in [0.4, 0.5) is 5.69 Å². The average molecular weight is 351 g/mol. The van der Waals surface area contributed by atoms with Crippen LogP contribution < -0.4 is 4.90 Å². The summed E-state index contributed by atoms with van der Waals surface area (Å²) in [5.41, 5.74) is 2.94. The number of piperidine rings is 1. The average Bonchev–Trinajstić information content (AvgIpc) is 3.06. The minimum Gasteiger partial charge on any atom is -0.370 e. The molecular weight excluding hydrogens is 326 g/mol. The van der Waals surface area contributed by atoms with Gasteiger partial charge in [-0.1, -0.05) is 6.07 Å². The van der Waals surface area contributed by atoms with E-state index in [0.29, 0.717) is 5.56 Å². The topological polar surface area (TPSA) is 57.3 Å².